The summed E-state index contributed by atoms with van der Waals surface area (Å²) in [7, 11) is 0. The first-order valence-electron chi connectivity index (χ1n) is 9.79. The molecule has 0 radical (unpaired) electrons. The Bertz CT molecular complexity index is 1070. The zero-order valence-electron chi connectivity index (χ0n) is 17.0. The monoisotopic (exact) mass is 412 g/mol. The Morgan fingerprint density at radius 2 is 2.00 bits per heavy atom. The van der Waals surface area contributed by atoms with Crippen LogP contribution >= 0.6 is 11.6 Å². The van der Waals surface area contributed by atoms with Gasteiger partial charge in [0, 0.05) is 30.7 Å². The van der Waals surface area contributed by atoms with Crippen LogP contribution in [0.25, 0.3) is 11.0 Å². The second kappa shape index (κ2) is 8.05. The van der Waals surface area contributed by atoms with E-state index in [1.165, 1.54) is 6.92 Å². The summed E-state index contributed by atoms with van der Waals surface area (Å²) in [5.41, 5.74) is 5.66. The summed E-state index contributed by atoms with van der Waals surface area (Å²) < 4.78 is 7.65. The number of halogens is 1. The van der Waals surface area contributed by atoms with Gasteiger partial charge in [-0.15, -0.1) is 0 Å². The molecule has 0 spiro atoms. The number of nitrogens with one attached hydrogen (secondary N) is 1. The van der Waals surface area contributed by atoms with E-state index in [-0.39, 0.29) is 5.91 Å². The molecule has 1 saturated heterocycles. The van der Waals surface area contributed by atoms with Crippen molar-refractivity contribution in [2.45, 2.75) is 27.3 Å². The van der Waals surface area contributed by atoms with E-state index in [2.05, 4.69) is 20.9 Å². The van der Waals surface area contributed by atoms with Crippen molar-refractivity contribution < 1.29 is 9.53 Å². The predicted molar refractivity (Wildman–Crippen MR) is 117 cm³/mol. The van der Waals surface area contributed by atoms with Gasteiger partial charge in [0.25, 0.3) is 0 Å². The van der Waals surface area contributed by atoms with Crippen molar-refractivity contribution in [3.8, 4) is 0 Å². The summed E-state index contributed by atoms with van der Waals surface area (Å²) in [5, 5.41) is 3.73. The summed E-state index contributed by atoms with van der Waals surface area (Å²) in [6, 6.07) is 10.2. The molecule has 1 amide bonds. The number of hydrogen-bond donors (Lipinski definition) is 1. The summed E-state index contributed by atoms with van der Waals surface area (Å²) >= 11 is 6.55. The van der Waals surface area contributed by atoms with Crippen molar-refractivity contribution in [3.63, 3.8) is 0 Å². The maximum Gasteiger partial charge on any atom is 0.221 e. The largest absolute Gasteiger partial charge is 0.378 e. The zero-order valence-corrected chi connectivity index (χ0v) is 17.7. The van der Waals surface area contributed by atoms with E-state index in [1.54, 1.807) is 0 Å². The number of aromatic nitrogens is 2. The molecular formula is C22H25ClN4O2. The number of nitrogens with zero attached hydrogens (tertiary/aromatic N) is 3. The molecule has 6 nitrogen and oxygen atoms in total. The highest BCUT2D eigenvalue weighted by atomic mass is 35.5. The first-order chi connectivity index (χ1) is 13.9. The molecule has 1 aliphatic heterocycles. The maximum atomic E-state index is 11.8. The Labute approximate surface area is 175 Å². The van der Waals surface area contributed by atoms with Gasteiger partial charge in [-0.2, -0.15) is 0 Å². The number of morpholine rings is 1. The second-order valence-corrected chi connectivity index (χ2v) is 7.81. The van der Waals surface area contributed by atoms with Gasteiger partial charge in [0.05, 0.1) is 31.0 Å². The highest BCUT2D eigenvalue weighted by Crippen LogP contribution is 2.32. The first-order valence-corrected chi connectivity index (χ1v) is 10.2. The smallest absolute Gasteiger partial charge is 0.221 e. The van der Waals surface area contributed by atoms with Gasteiger partial charge in [0.1, 0.15) is 11.3 Å². The van der Waals surface area contributed by atoms with Crippen LogP contribution in [0.4, 0.5) is 11.4 Å². The van der Waals surface area contributed by atoms with Crippen molar-refractivity contribution in [2.24, 2.45) is 0 Å². The summed E-state index contributed by atoms with van der Waals surface area (Å²) in [4.78, 5) is 18.9. The second-order valence-electron chi connectivity index (χ2n) is 7.43. The lowest BCUT2D eigenvalue weighted by molar-refractivity contribution is -0.114. The molecule has 1 aromatic heterocycles. The Balaban J connectivity index is 1.84. The van der Waals surface area contributed by atoms with E-state index < -0.39 is 0 Å². The van der Waals surface area contributed by atoms with Crippen LogP contribution in [0.5, 0.6) is 0 Å². The van der Waals surface area contributed by atoms with Crippen molar-refractivity contribution in [2.75, 3.05) is 36.5 Å². The molecule has 1 aliphatic rings. The normalized spacial score (nSPS) is 14.4. The van der Waals surface area contributed by atoms with E-state index >= 15 is 0 Å². The van der Waals surface area contributed by atoms with Crippen LogP contribution in [0.3, 0.4) is 0 Å². The van der Waals surface area contributed by atoms with Crippen LogP contribution in [-0.4, -0.2) is 41.8 Å². The summed E-state index contributed by atoms with van der Waals surface area (Å²) in [6.07, 6.45) is 0. The lowest BCUT2D eigenvalue weighted by Crippen LogP contribution is -2.36. The number of ether oxygens (including phenoxy) is 1. The highest BCUT2D eigenvalue weighted by molar-refractivity contribution is 6.32. The molecule has 7 heteroatoms. The molecule has 4 rings (SSSR count). The van der Waals surface area contributed by atoms with E-state index in [9.17, 15) is 4.79 Å². The molecule has 0 bridgehead atoms. The summed E-state index contributed by atoms with van der Waals surface area (Å²) in [5.74, 6) is 0.766. The Kier molecular flexibility index (Phi) is 5.48. The fraction of sp³-hybridized carbons (Fsp3) is 0.364. The number of carbonyl (C=O) groups is 1. The third-order valence-electron chi connectivity index (χ3n) is 5.32. The molecule has 0 unspecified atom stereocenters. The number of carbonyl (C=O) groups excluding carboxylic acids is 1. The standard InChI is InChI=1S/C22H25ClN4O2/c1-14-5-4-6-17(21(14)23)13-27-15(2)24-22-19(25-16(3)28)11-18(12-20(22)27)26-7-9-29-10-8-26/h4-6,11-12H,7-10,13H2,1-3H3,(H,25,28). The van der Waals surface area contributed by atoms with Crippen molar-refractivity contribution in [1.82, 2.24) is 9.55 Å². The number of aryl methyl sites for hydroxylation is 2. The maximum absolute atomic E-state index is 11.8. The van der Waals surface area contributed by atoms with Crippen LogP contribution in [0.2, 0.25) is 5.02 Å². The number of anilines is 2. The minimum Gasteiger partial charge on any atom is -0.378 e. The molecule has 152 valence electrons. The Morgan fingerprint density at radius 1 is 1.24 bits per heavy atom. The van der Waals surface area contributed by atoms with Gasteiger partial charge in [-0.1, -0.05) is 29.8 Å². The molecule has 0 atom stereocenters. The fourth-order valence-electron chi connectivity index (χ4n) is 3.81. The molecule has 1 fully saturated rings. The number of rotatable bonds is 4. The molecule has 0 saturated carbocycles. The van der Waals surface area contributed by atoms with Crippen molar-refractivity contribution in [1.29, 1.82) is 0 Å². The average molecular weight is 413 g/mol. The molecular weight excluding hydrogens is 388 g/mol. The Hall–Kier alpha value is -2.57. The van der Waals surface area contributed by atoms with Gasteiger partial charge in [-0.3, -0.25) is 4.79 Å². The number of imidazole rings is 1. The number of amides is 1. The molecule has 2 aromatic carbocycles. The van der Waals surface area contributed by atoms with Gasteiger partial charge in [-0.05, 0) is 37.1 Å². The van der Waals surface area contributed by atoms with Crippen LogP contribution in [-0.2, 0) is 16.1 Å². The third kappa shape index (κ3) is 3.95. The van der Waals surface area contributed by atoms with Crippen LogP contribution in [0, 0.1) is 13.8 Å². The quantitative estimate of drug-likeness (QED) is 0.699. The molecule has 2 heterocycles. The highest BCUT2D eigenvalue weighted by Gasteiger charge is 2.19. The lowest BCUT2D eigenvalue weighted by atomic mass is 10.1. The molecule has 29 heavy (non-hydrogen) atoms. The zero-order chi connectivity index (χ0) is 20.5. The van der Waals surface area contributed by atoms with E-state index in [4.69, 9.17) is 21.3 Å². The number of benzene rings is 2. The SMILES string of the molecule is CC(=O)Nc1cc(N2CCOCC2)cc2c1nc(C)n2Cc1cccc(C)c1Cl. The number of fused-ring (bicyclic) bond motifs is 1. The van der Waals surface area contributed by atoms with Crippen LogP contribution in [0.15, 0.2) is 30.3 Å². The third-order valence-corrected chi connectivity index (χ3v) is 5.86. The summed E-state index contributed by atoms with van der Waals surface area (Å²) in [6.45, 7) is 9.17. The minimum atomic E-state index is -0.112. The minimum absolute atomic E-state index is 0.112. The molecule has 0 aliphatic carbocycles. The first kappa shape index (κ1) is 19.7. The van der Waals surface area contributed by atoms with Crippen LogP contribution in [0.1, 0.15) is 23.9 Å². The van der Waals surface area contributed by atoms with E-state index in [1.807, 2.05) is 38.1 Å². The fourth-order valence-corrected chi connectivity index (χ4v) is 4.00. The van der Waals surface area contributed by atoms with Crippen molar-refractivity contribution in [3.05, 3.63) is 52.3 Å². The van der Waals surface area contributed by atoms with E-state index in [0.717, 1.165) is 57.5 Å². The lowest BCUT2D eigenvalue weighted by Gasteiger charge is -2.29. The van der Waals surface area contributed by atoms with Gasteiger partial charge < -0.3 is 19.5 Å². The Morgan fingerprint density at radius 3 is 2.72 bits per heavy atom. The van der Waals surface area contributed by atoms with Gasteiger partial charge in [0.15, 0.2) is 0 Å². The molecule has 1 N–H and O–H groups in total. The van der Waals surface area contributed by atoms with Crippen LogP contribution < -0.4 is 10.2 Å². The van der Waals surface area contributed by atoms with Gasteiger partial charge in [-0.25, -0.2) is 4.98 Å². The molecule has 3 aromatic rings. The number of hydrogen-bond acceptors (Lipinski definition) is 4. The van der Waals surface area contributed by atoms with E-state index in [0.29, 0.717) is 19.8 Å². The average Bonchev–Trinajstić information content (AvgIpc) is 3.01. The topological polar surface area (TPSA) is 59.4 Å². The van der Waals surface area contributed by atoms with Gasteiger partial charge >= 0.3 is 0 Å². The van der Waals surface area contributed by atoms with Crippen molar-refractivity contribution >= 4 is 39.9 Å². The predicted octanol–water partition coefficient (Wildman–Crippen LogP) is 4.15. The van der Waals surface area contributed by atoms with Gasteiger partial charge in [0.2, 0.25) is 5.91 Å².